The van der Waals surface area contributed by atoms with E-state index in [1.54, 1.807) is 0 Å². The molecular weight excluding hydrogens is 208 g/mol. The average molecular weight is 238 g/mol. The second-order valence-electron chi connectivity index (χ2n) is 6.46. The first-order valence-electron chi connectivity index (χ1n) is 7.71. The maximum Gasteiger partial charge on any atom is 0.00672 e. The lowest BCUT2D eigenvalue weighted by Gasteiger charge is -2.29. The summed E-state index contributed by atoms with van der Waals surface area (Å²) in [5.74, 6) is 1.87. The van der Waals surface area contributed by atoms with Crippen molar-refractivity contribution in [1.29, 1.82) is 0 Å². The van der Waals surface area contributed by atoms with Gasteiger partial charge in [-0.15, -0.1) is 0 Å². The van der Waals surface area contributed by atoms with E-state index in [0.29, 0.717) is 0 Å². The molecule has 2 nitrogen and oxygen atoms in total. The summed E-state index contributed by atoms with van der Waals surface area (Å²) in [5.41, 5.74) is 0. The van der Waals surface area contributed by atoms with E-state index < -0.39 is 0 Å². The fraction of sp³-hybridized carbons (Fsp3) is 1.00. The van der Waals surface area contributed by atoms with Crippen molar-refractivity contribution >= 4 is 0 Å². The molecule has 0 spiro atoms. The SMILES string of the molecule is CC1CCCC(NCC2CCNC(C)C2)CC1. The maximum absolute atomic E-state index is 3.84. The summed E-state index contributed by atoms with van der Waals surface area (Å²) in [4.78, 5) is 0. The highest BCUT2D eigenvalue weighted by Gasteiger charge is 2.20. The van der Waals surface area contributed by atoms with Crippen LogP contribution in [0, 0.1) is 11.8 Å². The van der Waals surface area contributed by atoms with Crippen LogP contribution in [0.4, 0.5) is 0 Å². The van der Waals surface area contributed by atoms with Gasteiger partial charge in [0.15, 0.2) is 0 Å². The second kappa shape index (κ2) is 6.75. The summed E-state index contributed by atoms with van der Waals surface area (Å²) >= 11 is 0. The Morgan fingerprint density at radius 1 is 1.06 bits per heavy atom. The Morgan fingerprint density at radius 3 is 2.76 bits per heavy atom. The summed E-state index contributed by atoms with van der Waals surface area (Å²) in [6.07, 6.45) is 9.84. The van der Waals surface area contributed by atoms with Gasteiger partial charge in [-0.1, -0.05) is 19.8 Å². The molecule has 1 saturated carbocycles. The smallest absolute Gasteiger partial charge is 0.00672 e. The van der Waals surface area contributed by atoms with Crippen LogP contribution in [0.3, 0.4) is 0 Å². The summed E-state index contributed by atoms with van der Waals surface area (Å²) in [6.45, 7) is 7.20. The van der Waals surface area contributed by atoms with E-state index in [1.807, 2.05) is 0 Å². The summed E-state index contributed by atoms with van der Waals surface area (Å²) in [5, 5.41) is 7.38. The van der Waals surface area contributed by atoms with Crippen LogP contribution in [0.1, 0.15) is 58.8 Å². The quantitative estimate of drug-likeness (QED) is 0.739. The Balaban J connectivity index is 1.66. The Bertz CT molecular complexity index is 217. The molecule has 100 valence electrons. The molecule has 2 N–H and O–H groups in total. The molecule has 1 heterocycles. The second-order valence-corrected chi connectivity index (χ2v) is 6.46. The molecule has 2 aliphatic rings. The standard InChI is InChI=1S/C15H30N2/c1-12-4-3-5-15(7-6-12)17-11-14-8-9-16-13(2)10-14/h12-17H,3-11H2,1-2H3. The topological polar surface area (TPSA) is 24.1 Å². The molecule has 2 heteroatoms. The van der Waals surface area contributed by atoms with E-state index in [9.17, 15) is 0 Å². The molecule has 2 rings (SSSR count). The third-order valence-corrected chi connectivity index (χ3v) is 4.68. The largest absolute Gasteiger partial charge is 0.314 e. The minimum atomic E-state index is 0.727. The van der Waals surface area contributed by atoms with E-state index in [-0.39, 0.29) is 0 Å². The van der Waals surface area contributed by atoms with Gasteiger partial charge < -0.3 is 10.6 Å². The molecule has 4 unspecified atom stereocenters. The number of hydrogen-bond donors (Lipinski definition) is 2. The molecule has 1 saturated heterocycles. The van der Waals surface area contributed by atoms with Gasteiger partial charge >= 0.3 is 0 Å². The van der Waals surface area contributed by atoms with Gasteiger partial charge in [0.2, 0.25) is 0 Å². The van der Waals surface area contributed by atoms with Gasteiger partial charge in [0, 0.05) is 12.1 Å². The van der Waals surface area contributed by atoms with Crippen LogP contribution < -0.4 is 10.6 Å². The highest BCUT2D eigenvalue weighted by molar-refractivity contribution is 4.79. The van der Waals surface area contributed by atoms with Crippen molar-refractivity contribution in [2.75, 3.05) is 13.1 Å². The molecule has 1 aliphatic carbocycles. The van der Waals surface area contributed by atoms with Crippen LogP contribution in [0.25, 0.3) is 0 Å². The van der Waals surface area contributed by atoms with Gasteiger partial charge in [-0.25, -0.2) is 0 Å². The van der Waals surface area contributed by atoms with Crippen LogP contribution in [0.15, 0.2) is 0 Å². The minimum absolute atomic E-state index is 0.727. The fourth-order valence-electron chi connectivity index (χ4n) is 3.44. The van der Waals surface area contributed by atoms with Crippen molar-refractivity contribution in [2.45, 2.75) is 70.9 Å². The molecule has 17 heavy (non-hydrogen) atoms. The van der Waals surface area contributed by atoms with Gasteiger partial charge in [0.05, 0.1) is 0 Å². The zero-order valence-electron chi connectivity index (χ0n) is 11.7. The lowest BCUT2D eigenvalue weighted by Crippen LogP contribution is -2.41. The molecule has 4 atom stereocenters. The van der Waals surface area contributed by atoms with Gasteiger partial charge in [-0.05, 0) is 64.0 Å². The van der Waals surface area contributed by atoms with E-state index >= 15 is 0 Å². The Morgan fingerprint density at radius 2 is 1.94 bits per heavy atom. The predicted molar refractivity (Wildman–Crippen MR) is 74.2 cm³/mol. The van der Waals surface area contributed by atoms with Crippen molar-refractivity contribution < 1.29 is 0 Å². The number of hydrogen-bond acceptors (Lipinski definition) is 2. The predicted octanol–water partition coefficient (Wildman–Crippen LogP) is 2.93. The van der Waals surface area contributed by atoms with Crippen LogP contribution in [0.5, 0.6) is 0 Å². The first-order chi connectivity index (χ1) is 8.24. The molecular formula is C15H30N2. The number of nitrogens with one attached hydrogen (secondary N) is 2. The number of rotatable bonds is 3. The van der Waals surface area contributed by atoms with Crippen molar-refractivity contribution in [2.24, 2.45) is 11.8 Å². The third-order valence-electron chi connectivity index (χ3n) is 4.68. The molecule has 0 aromatic rings. The van der Waals surface area contributed by atoms with Gasteiger partial charge in [-0.3, -0.25) is 0 Å². The van der Waals surface area contributed by atoms with Crippen molar-refractivity contribution in [3.8, 4) is 0 Å². The van der Waals surface area contributed by atoms with Gasteiger partial charge in [0.1, 0.15) is 0 Å². The van der Waals surface area contributed by atoms with E-state index in [0.717, 1.165) is 23.9 Å². The Hall–Kier alpha value is -0.0800. The number of piperidine rings is 1. The average Bonchev–Trinajstić information content (AvgIpc) is 2.52. The van der Waals surface area contributed by atoms with Gasteiger partial charge in [0.25, 0.3) is 0 Å². The van der Waals surface area contributed by atoms with Crippen LogP contribution in [-0.4, -0.2) is 25.2 Å². The highest BCUT2D eigenvalue weighted by Crippen LogP contribution is 2.23. The van der Waals surface area contributed by atoms with E-state index in [2.05, 4.69) is 24.5 Å². The maximum atomic E-state index is 3.84. The molecule has 0 aromatic carbocycles. The molecule has 1 aliphatic heterocycles. The van der Waals surface area contributed by atoms with E-state index in [1.165, 1.54) is 58.0 Å². The first-order valence-corrected chi connectivity index (χ1v) is 7.71. The minimum Gasteiger partial charge on any atom is -0.314 e. The normalized spacial score (nSPS) is 39.9. The Labute approximate surface area is 107 Å². The molecule has 0 amide bonds. The zero-order valence-corrected chi connectivity index (χ0v) is 11.7. The van der Waals surface area contributed by atoms with E-state index in [4.69, 9.17) is 0 Å². The van der Waals surface area contributed by atoms with Crippen molar-refractivity contribution in [1.82, 2.24) is 10.6 Å². The Kier molecular flexibility index (Phi) is 5.30. The molecule has 2 fully saturated rings. The molecule has 0 bridgehead atoms. The first kappa shape index (κ1) is 13.4. The lowest BCUT2D eigenvalue weighted by molar-refractivity contribution is 0.289. The third kappa shape index (κ3) is 4.59. The van der Waals surface area contributed by atoms with Crippen molar-refractivity contribution in [3.63, 3.8) is 0 Å². The zero-order chi connectivity index (χ0) is 12.1. The monoisotopic (exact) mass is 238 g/mol. The molecule has 0 aromatic heterocycles. The van der Waals surface area contributed by atoms with Crippen LogP contribution in [0.2, 0.25) is 0 Å². The van der Waals surface area contributed by atoms with Crippen LogP contribution in [-0.2, 0) is 0 Å². The summed E-state index contributed by atoms with van der Waals surface area (Å²) < 4.78 is 0. The van der Waals surface area contributed by atoms with Crippen molar-refractivity contribution in [3.05, 3.63) is 0 Å². The summed E-state index contributed by atoms with van der Waals surface area (Å²) in [6, 6.07) is 1.54. The highest BCUT2D eigenvalue weighted by atomic mass is 14.9. The van der Waals surface area contributed by atoms with Gasteiger partial charge in [-0.2, -0.15) is 0 Å². The fourth-order valence-corrected chi connectivity index (χ4v) is 3.44. The molecule has 0 radical (unpaired) electrons. The lowest BCUT2D eigenvalue weighted by atomic mass is 9.93. The van der Waals surface area contributed by atoms with Crippen LogP contribution >= 0.6 is 0 Å². The summed E-state index contributed by atoms with van der Waals surface area (Å²) in [7, 11) is 0.